The summed E-state index contributed by atoms with van der Waals surface area (Å²) < 4.78 is 20.9. The van der Waals surface area contributed by atoms with E-state index in [2.05, 4.69) is 73.0 Å². The summed E-state index contributed by atoms with van der Waals surface area (Å²) in [6.45, 7) is 7.49. The van der Waals surface area contributed by atoms with Gasteiger partial charge in [0.25, 0.3) is 0 Å². The Kier molecular flexibility index (Phi) is 6.03. The lowest BCUT2D eigenvalue weighted by Crippen LogP contribution is -2.55. The molecule has 1 spiro atoms. The maximum Gasteiger partial charge on any atom is 0.171 e. The molecule has 0 unspecified atom stereocenters. The fourth-order valence-electron chi connectivity index (χ4n) is 6.91. The van der Waals surface area contributed by atoms with Crippen LogP contribution in [0, 0.1) is 11.8 Å². The number of hydrogen-bond donors (Lipinski definition) is 0. The topological polar surface area (TPSA) is 45.5 Å². The molecule has 5 heteroatoms. The van der Waals surface area contributed by atoms with Gasteiger partial charge in [-0.15, -0.1) is 0 Å². The van der Waals surface area contributed by atoms with Crippen molar-refractivity contribution in [2.24, 2.45) is 11.8 Å². The average molecular weight is 473 g/mol. The molecule has 3 aliphatic rings. The van der Waals surface area contributed by atoms with Gasteiger partial charge in [-0.25, -0.2) is 4.98 Å². The molecule has 1 aromatic heterocycles. The van der Waals surface area contributed by atoms with E-state index in [0.29, 0.717) is 25.0 Å². The van der Waals surface area contributed by atoms with Crippen LogP contribution in [0.25, 0.3) is 5.69 Å². The standard InChI is InChI=1S/C30H36N2O3/c1-22-25-13-14-26-28(29(25,2)16-17-30(22)34-19-20-35-30)31-27(32(26)24-11-7-4-8-12-24)15-18-33-21-23-9-5-3-6-10-23/h3-12,22,25H,13-21H2,1-2H3/t22-,25-,29-/m0/s1. The maximum absolute atomic E-state index is 6.21. The quantitative estimate of drug-likeness (QED) is 0.437. The zero-order chi connectivity index (χ0) is 23.9. The van der Waals surface area contributed by atoms with Gasteiger partial charge < -0.3 is 18.8 Å². The van der Waals surface area contributed by atoms with Crippen molar-refractivity contribution < 1.29 is 14.2 Å². The van der Waals surface area contributed by atoms with Gasteiger partial charge in [0, 0.05) is 35.6 Å². The summed E-state index contributed by atoms with van der Waals surface area (Å²) in [5.74, 6) is 1.58. The SMILES string of the molecule is C[C@H]1[C@@H]2CCc3c(nc(CCOCc4ccccc4)n3-c3ccccc3)[C@@]2(C)CCC12OCCO2. The summed E-state index contributed by atoms with van der Waals surface area (Å²) in [5, 5.41) is 0. The van der Waals surface area contributed by atoms with E-state index in [-0.39, 0.29) is 5.41 Å². The minimum Gasteiger partial charge on any atom is -0.376 e. The van der Waals surface area contributed by atoms with Crippen molar-refractivity contribution in [1.82, 2.24) is 9.55 Å². The van der Waals surface area contributed by atoms with Crippen LogP contribution in [-0.4, -0.2) is 35.2 Å². The van der Waals surface area contributed by atoms with Crippen molar-refractivity contribution in [2.75, 3.05) is 19.8 Å². The van der Waals surface area contributed by atoms with Gasteiger partial charge in [0.05, 0.1) is 32.1 Å². The highest BCUT2D eigenvalue weighted by Crippen LogP contribution is 2.57. The highest BCUT2D eigenvalue weighted by atomic mass is 16.7. The lowest BCUT2D eigenvalue weighted by Gasteiger charge is -2.53. The molecule has 3 atom stereocenters. The third-order valence-electron chi connectivity index (χ3n) is 8.76. The number of hydrogen-bond acceptors (Lipinski definition) is 4. The van der Waals surface area contributed by atoms with E-state index in [1.807, 2.05) is 6.07 Å². The van der Waals surface area contributed by atoms with E-state index in [9.17, 15) is 0 Å². The van der Waals surface area contributed by atoms with E-state index in [0.717, 1.165) is 51.1 Å². The van der Waals surface area contributed by atoms with Gasteiger partial charge in [-0.2, -0.15) is 0 Å². The van der Waals surface area contributed by atoms with Gasteiger partial charge in [0.15, 0.2) is 5.79 Å². The monoisotopic (exact) mass is 472 g/mol. The predicted molar refractivity (Wildman–Crippen MR) is 136 cm³/mol. The number of nitrogens with zero attached hydrogens (tertiary/aromatic N) is 2. The van der Waals surface area contributed by atoms with Gasteiger partial charge >= 0.3 is 0 Å². The van der Waals surface area contributed by atoms with E-state index < -0.39 is 5.79 Å². The minimum absolute atomic E-state index is 0.0350. The van der Waals surface area contributed by atoms with Crippen molar-refractivity contribution in [2.45, 2.75) is 63.8 Å². The summed E-state index contributed by atoms with van der Waals surface area (Å²) >= 11 is 0. The first-order chi connectivity index (χ1) is 17.1. The molecule has 0 N–H and O–H groups in total. The van der Waals surface area contributed by atoms with Crippen molar-refractivity contribution in [3.05, 3.63) is 83.4 Å². The van der Waals surface area contributed by atoms with Crippen molar-refractivity contribution >= 4 is 0 Å². The van der Waals surface area contributed by atoms with Crippen LogP contribution >= 0.6 is 0 Å². The number of ether oxygens (including phenoxy) is 3. The molecule has 1 saturated carbocycles. The van der Waals surface area contributed by atoms with Crippen LogP contribution in [0.4, 0.5) is 0 Å². The fourth-order valence-corrected chi connectivity index (χ4v) is 6.91. The molecule has 2 heterocycles. The summed E-state index contributed by atoms with van der Waals surface area (Å²) in [6, 6.07) is 21.1. The van der Waals surface area contributed by atoms with E-state index >= 15 is 0 Å². The van der Waals surface area contributed by atoms with Crippen LogP contribution in [0.1, 0.15) is 55.9 Å². The highest BCUT2D eigenvalue weighted by Gasteiger charge is 2.58. The molecule has 1 aliphatic heterocycles. The first-order valence-electron chi connectivity index (χ1n) is 13.2. The van der Waals surface area contributed by atoms with Gasteiger partial charge in [0.1, 0.15) is 5.82 Å². The van der Waals surface area contributed by atoms with E-state index in [4.69, 9.17) is 19.2 Å². The molecule has 184 valence electrons. The number of fused-ring (bicyclic) bond motifs is 3. The summed E-state index contributed by atoms with van der Waals surface area (Å²) in [7, 11) is 0. The molecule has 0 amide bonds. The second-order valence-electron chi connectivity index (χ2n) is 10.6. The molecule has 2 aliphatic carbocycles. The molecule has 6 rings (SSSR count). The van der Waals surface area contributed by atoms with Gasteiger partial charge in [0.2, 0.25) is 0 Å². The first kappa shape index (κ1) is 23.0. The Bertz CT molecular complexity index is 1150. The largest absolute Gasteiger partial charge is 0.376 e. The summed E-state index contributed by atoms with van der Waals surface area (Å²) in [5.41, 5.74) is 5.10. The van der Waals surface area contributed by atoms with Crippen LogP contribution in [0.3, 0.4) is 0 Å². The van der Waals surface area contributed by atoms with Gasteiger partial charge in [-0.1, -0.05) is 62.4 Å². The van der Waals surface area contributed by atoms with Gasteiger partial charge in [-0.05, 0) is 42.9 Å². The first-order valence-corrected chi connectivity index (χ1v) is 13.2. The third kappa shape index (κ3) is 3.94. The lowest BCUT2D eigenvalue weighted by molar-refractivity contribution is -0.234. The fraction of sp³-hybridized carbons (Fsp3) is 0.500. The Balaban J connectivity index is 1.30. The zero-order valence-corrected chi connectivity index (χ0v) is 20.9. The smallest absolute Gasteiger partial charge is 0.171 e. The normalized spacial score (nSPS) is 27.0. The highest BCUT2D eigenvalue weighted by molar-refractivity contribution is 5.42. The van der Waals surface area contributed by atoms with Crippen molar-refractivity contribution in [1.29, 1.82) is 0 Å². The molecule has 1 saturated heterocycles. The molecule has 2 fully saturated rings. The Morgan fingerprint density at radius 3 is 2.46 bits per heavy atom. The minimum atomic E-state index is -0.391. The number of rotatable bonds is 6. The van der Waals surface area contributed by atoms with Crippen LogP contribution in [0.5, 0.6) is 0 Å². The molecule has 3 aromatic rings. The Morgan fingerprint density at radius 1 is 1.00 bits per heavy atom. The number of aromatic nitrogens is 2. The molecule has 0 radical (unpaired) electrons. The lowest BCUT2D eigenvalue weighted by atomic mass is 9.55. The van der Waals surface area contributed by atoms with Gasteiger partial charge in [-0.3, -0.25) is 0 Å². The molecule has 5 nitrogen and oxygen atoms in total. The summed E-state index contributed by atoms with van der Waals surface area (Å²) in [6.07, 6.45) is 4.95. The summed E-state index contributed by atoms with van der Waals surface area (Å²) in [4.78, 5) is 5.38. The molecular formula is C30H36N2O3. The second kappa shape index (κ2) is 9.20. The Labute approximate surface area is 208 Å². The Morgan fingerprint density at radius 2 is 1.71 bits per heavy atom. The third-order valence-corrected chi connectivity index (χ3v) is 8.76. The number of para-hydroxylation sites is 1. The maximum atomic E-state index is 6.21. The van der Waals surface area contributed by atoms with Crippen molar-refractivity contribution in [3.63, 3.8) is 0 Å². The Hall–Kier alpha value is -2.47. The van der Waals surface area contributed by atoms with Crippen LogP contribution in [-0.2, 0) is 39.1 Å². The molecule has 2 aromatic carbocycles. The average Bonchev–Trinajstić information content (AvgIpc) is 3.52. The van der Waals surface area contributed by atoms with Crippen LogP contribution < -0.4 is 0 Å². The number of benzene rings is 2. The second-order valence-corrected chi connectivity index (χ2v) is 10.6. The van der Waals surface area contributed by atoms with Crippen molar-refractivity contribution in [3.8, 4) is 5.69 Å². The predicted octanol–water partition coefficient (Wildman–Crippen LogP) is 5.62. The molecular weight excluding hydrogens is 436 g/mol. The molecule has 35 heavy (non-hydrogen) atoms. The number of imidazole rings is 1. The van der Waals surface area contributed by atoms with Crippen LogP contribution in [0.2, 0.25) is 0 Å². The van der Waals surface area contributed by atoms with E-state index in [1.54, 1.807) is 0 Å². The zero-order valence-electron chi connectivity index (χ0n) is 20.9. The van der Waals surface area contributed by atoms with Crippen LogP contribution in [0.15, 0.2) is 60.7 Å². The molecule has 0 bridgehead atoms. The van der Waals surface area contributed by atoms with E-state index in [1.165, 1.54) is 22.6 Å².